The summed E-state index contributed by atoms with van der Waals surface area (Å²) in [5.74, 6) is 0.734. The summed E-state index contributed by atoms with van der Waals surface area (Å²) in [6.45, 7) is 1.55. The highest BCUT2D eigenvalue weighted by atomic mass is 16.5. The number of aromatic nitrogens is 1. The van der Waals surface area contributed by atoms with Crippen LogP contribution in [0.15, 0.2) is 48.5 Å². The molecule has 3 rings (SSSR count). The lowest BCUT2D eigenvalue weighted by Gasteiger charge is -2.07. The number of pyridine rings is 1. The summed E-state index contributed by atoms with van der Waals surface area (Å²) < 4.78 is 5.75. The molecule has 1 aromatic heterocycles. The molecule has 1 N–H and O–H groups in total. The molecule has 110 valence electrons. The molecule has 0 amide bonds. The van der Waals surface area contributed by atoms with Crippen LogP contribution in [0.25, 0.3) is 0 Å². The Morgan fingerprint density at radius 3 is 2.71 bits per heavy atom. The molecule has 3 heteroatoms. The fourth-order valence-electron chi connectivity index (χ4n) is 2.27. The largest absolute Gasteiger partial charge is 0.478 e. The molecule has 1 heterocycles. The Bertz CT molecular complexity index is 552. The quantitative estimate of drug-likeness (QED) is 0.754. The zero-order chi connectivity index (χ0) is 14.3. The van der Waals surface area contributed by atoms with Gasteiger partial charge in [0.05, 0.1) is 12.3 Å². The van der Waals surface area contributed by atoms with Crippen molar-refractivity contribution >= 4 is 0 Å². The van der Waals surface area contributed by atoms with Crippen molar-refractivity contribution in [1.82, 2.24) is 10.3 Å². The Labute approximate surface area is 126 Å². The van der Waals surface area contributed by atoms with Gasteiger partial charge in [-0.3, -0.25) is 0 Å². The molecule has 2 aromatic rings. The van der Waals surface area contributed by atoms with Crippen molar-refractivity contribution in [2.45, 2.75) is 38.3 Å². The summed E-state index contributed by atoms with van der Waals surface area (Å²) >= 11 is 0. The number of nitrogens with one attached hydrogen (secondary N) is 1. The highest BCUT2D eigenvalue weighted by Gasteiger charge is 2.20. The molecular weight excluding hydrogens is 260 g/mol. The van der Waals surface area contributed by atoms with Crippen LogP contribution in [-0.4, -0.2) is 17.6 Å². The highest BCUT2D eigenvalue weighted by molar-refractivity contribution is 5.16. The lowest BCUT2D eigenvalue weighted by molar-refractivity contribution is 0.298. The van der Waals surface area contributed by atoms with Crippen molar-refractivity contribution in [3.63, 3.8) is 0 Å². The minimum atomic E-state index is 0.710. The van der Waals surface area contributed by atoms with Gasteiger partial charge in [0.2, 0.25) is 5.88 Å². The van der Waals surface area contributed by atoms with Gasteiger partial charge in [0.15, 0.2) is 0 Å². The second-order valence-corrected chi connectivity index (χ2v) is 5.56. The van der Waals surface area contributed by atoms with Gasteiger partial charge in [0, 0.05) is 18.7 Å². The van der Waals surface area contributed by atoms with Crippen molar-refractivity contribution < 1.29 is 4.74 Å². The predicted octanol–water partition coefficient (Wildman–Crippen LogP) is 3.35. The van der Waals surface area contributed by atoms with Crippen molar-refractivity contribution in [1.29, 1.82) is 0 Å². The van der Waals surface area contributed by atoms with Crippen LogP contribution >= 0.6 is 0 Å². The zero-order valence-electron chi connectivity index (χ0n) is 12.3. The smallest absolute Gasteiger partial charge is 0.213 e. The lowest BCUT2D eigenvalue weighted by Crippen LogP contribution is -2.16. The number of hydrogen-bond acceptors (Lipinski definition) is 3. The maximum Gasteiger partial charge on any atom is 0.213 e. The van der Waals surface area contributed by atoms with E-state index in [1.54, 1.807) is 0 Å². The van der Waals surface area contributed by atoms with Crippen molar-refractivity contribution in [3.8, 4) is 5.88 Å². The van der Waals surface area contributed by atoms with E-state index in [4.69, 9.17) is 4.74 Å². The van der Waals surface area contributed by atoms with E-state index in [1.807, 2.05) is 24.3 Å². The van der Waals surface area contributed by atoms with E-state index < -0.39 is 0 Å². The lowest BCUT2D eigenvalue weighted by atomic mass is 10.1. The van der Waals surface area contributed by atoms with Crippen molar-refractivity contribution in [2.75, 3.05) is 6.61 Å². The molecule has 1 fully saturated rings. The molecule has 21 heavy (non-hydrogen) atoms. The number of rotatable bonds is 8. The number of nitrogens with zero attached hydrogens (tertiary/aromatic N) is 1. The maximum absolute atomic E-state index is 5.75. The summed E-state index contributed by atoms with van der Waals surface area (Å²) in [7, 11) is 0. The third kappa shape index (κ3) is 4.87. The van der Waals surface area contributed by atoms with Crippen LogP contribution < -0.4 is 10.1 Å². The molecule has 1 aromatic carbocycles. The monoisotopic (exact) mass is 282 g/mol. The SMILES string of the molecule is c1ccc(CCCOc2cccc(CNC3CC3)n2)cc1. The van der Waals surface area contributed by atoms with Crippen LogP contribution in [0, 0.1) is 0 Å². The summed E-state index contributed by atoms with van der Waals surface area (Å²) in [5.41, 5.74) is 2.42. The Kier molecular flexibility index (Phi) is 4.85. The molecule has 0 aliphatic heterocycles. The van der Waals surface area contributed by atoms with E-state index in [2.05, 4.69) is 34.6 Å². The first kappa shape index (κ1) is 14.1. The standard InChI is InChI=1S/C18H22N2O/c1-2-6-15(7-3-1)8-5-13-21-18-10-4-9-17(20-18)14-19-16-11-12-16/h1-4,6-7,9-10,16,19H,5,8,11-14H2. The average Bonchev–Trinajstić information content (AvgIpc) is 3.35. The Hall–Kier alpha value is -1.87. The summed E-state index contributed by atoms with van der Waals surface area (Å²) in [5, 5.41) is 3.47. The average molecular weight is 282 g/mol. The van der Waals surface area contributed by atoms with E-state index in [9.17, 15) is 0 Å². The summed E-state index contributed by atoms with van der Waals surface area (Å²) in [4.78, 5) is 4.53. The normalized spacial score (nSPS) is 14.1. The second kappa shape index (κ2) is 7.23. The first-order chi connectivity index (χ1) is 10.4. The third-order valence-corrected chi connectivity index (χ3v) is 3.63. The molecule has 0 atom stereocenters. The number of benzene rings is 1. The summed E-state index contributed by atoms with van der Waals surface area (Å²) in [6, 6.07) is 17.2. The van der Waals surface area contributed by atoms with E-state index in [-0.39, 0.29) is 0 Å². The number of aryl methyl sites for hydroxylation is 1. The van der Waals surface area contributed by atoms with Crippen LogP contribution in [0.2, 0.25) is 0 Å². The molecule has 0 bridgehead atoms. The first-order valence-corrected chi connectivity index (χ1v) is 7.76. The van der Waals surface area contributed by atoms with Gasteiger partial charge in [0.1, 0.15) is 0 Å². The van der Waals surface area contributed by atoms with Gasteiger partial charge in [0.25, 0.3) is 0 Å². The van der Waals surface area contributed by atoms with Gasteiger partial charge in [-0.2, -0.15) is 0 Å². The van der Waals surface area contributed by atoms with Gasteiger partial charge in [-0.15, -0.1) is 0 Å². The van der Waals surface area contributed by atoms with Crippen LogP contribution in [-0.2, 0) is 13.0 Å². The zero-order valence-corrected chi connectivity index (χ0v) is 12.3. The molecule has 1 aliphatic rings. The Morgan fingerprint density at radius 2 is 1.90 bits per heavy atom. The molecule has 0 spiro atoms. The molecule has 1 aliphatic carbocycles. The van der Waals surface area contributed by atoms with Crippen LogP contribution in [0.5, 0.6) is 5.88 Å². The molecule has 0 radical (unpaired) electrons. The van der Waals surface area contributed by atoms with Crippen molar-refractivity contribution in [2.24, 2.45) is 0 Å². The molecule has 0 unspecified atom stereocenters. The van der Waals surface area contributed by atoms with Gasteiger partial charge in [-0.1, -0.05) is 36.4 Å². The molecule has 0 saturated heterocycles. The minimum Gasteiger partial charge on any atom is -0.478 e. The van der Waals surface area contributed by atoms with Gasteiger partial charge in [-0.05, 0) is 37.3 Å². The van der Waals surface area contributed by atoms with Crippen LogP contribution in [0.4, 0.5) is 0 Å². The molecular formula is C18H22N2O. The van der Waals surface area contributed by atoms with Gasteiger partial charge in [-0.25, -0.2) is 4.98 Å². The number of hydrogen-bond donors (Lipinski definition) is 1. The Balaban J connectivity index is 1.41. The van der Waals surface area contributed by atoms with E-state index in [0.29, 0.717) is 12.6 Å². The second-order valence-electron chi connectivity index (χ2n) is 5.56. The number of ether oxygens (including phenoxy) is 1. The van der Waals surface area contributed by atoms with Crippen LogP contribution in [0.1, 0.15) is 30.5 Å². The Morgan fingerprint density at radius 1 is 1.05 bits per heavy atom. The van der Waals surface area contributed by atoms with E-state index in [1.165, 1.54) is 18.4 Å². The predicted molar refractivity (Wildman–Crippen MR) is 84.4 cm³/mol. The fourth-order valence-corrected chi connectivity index (χ4v) is 2.27. The fraction of sp³-hybridized carbons (Fsp3) is 0.389. The summed E-state index contributed by atoms with van der Waals surface area (Å²) in [6.07, 6.45) is 4.66. The van der Waals surface area contributed by atoms with E-state index in [0.717, 1.165) is 31.0 Å². The van der Waals surface area contributed by atoms with Gasteiger partial charge >= 0.3 is 0 Å². The molecule has 3 nitrogen and oxygen atoms in total. The van der Waals surface area contributed by atoms with Crippen molar-refractivity contribution in [3.05, 3.63) is 59.8 Å². The third-order valence-electron chi connectivity index (χ3n) is 3.63. The molecule has 1 saturated carbocycles. The minimum absolute atomic E-state index is 0.710. The highest BCUT2D eigenvalue weighted by Crippen LogP contribution is 2.19. The van der Waals surface area contributed by atoms with Crippen LogP contribution in [0.3, 0.4) is 0 Å². The topological polar surface area (TPSA) is 34.1 Å². The van der Waals surface area contributed by atoms with Gasteiger partial charge < -0.3 is 10.1 Å². The first-order valence-electron chi connectivity index (χ1n) is 7.76. The van der Waals surface area contributed by atoms with E-state index >= 15 is 0 Å². The maximum atomic E-state index is 5.75.